The molecule has 0 spiro atoms. The van der Waals surface area contributed by atoms with E-state index in [1.165, 1.54) is 12.4 Å². The van der Waals surface area contributed by atoms with Gasteiger partial charge in [-0.15, -0.1) is 0 Å². The molecule has 1 aliphatic heterocycles. The predicted octanol–water partition coefficient (Wildman–Crippen LogP) is 1.36. The van der Waals surface area contributed by atoms with Gasteiger partial charge in [-0.1, -0.05) is 0 Å². The Morgan fingerprint density at radius 3 is 2.50 bits per heavy atom. The lowest BCUT2D eigenvalue weighted by atomic mass is 10.2. The van der Waals surface area contributed by atoms with E-state index in [1.54, 1.807) is 43.3 Å². The van der Waals surface area contributed by atoms with Gasteiger partial charge in [0.2, 0.25) is 0 Å². The van der Waals surface area contributed by atoms with Crippen LogP contribution in [0.5, 0.6) is 5.75 Å². The number of nitrogens with zero attached hydrogens (tertiary/aromatic N) is 3. The zero-order valence-corrected chi connectivity index (χ0v) is 15.4. The van der Waals surface area contributed by atoms with Crippen molar-refractivity contribution in [3.8, 4) is 5.75 Å². The number of methoxy groups -OCH3 is 1. The number of hydrogen-bond acceptors (Lipinski definition) is 7. The smallest absolute Gasteiger partial charge is 0.275 e. The molecule has 1 saturated heterocycles. The van der Waals surface area contributed by atoms with Crippen molar-refractivity contribution in [3.63, 3.8) is 0 Å². The van der Waals surface area contributed by atoms with Gasteiger partial charge in [0, 0.05) is 18.8 Å². The lowest BCUT2D eigenvalue weighted by molar-refractivity contribution is 0.102. The highest BCUT2D eigenvalue weighted by molar-refractivity contribution is 7.91. The third-order valence-electron chi connectivity index (χ3n) is 4.34. The van der Waals surface area contributed by atoms with E-state index in [1.807, 2.05) is 0 Å². The van der Waals surface area contributed by atoms with Gasteiger partial charge in [-0.25, -0.2) is 18.4 Å². The van der Waals surface area contributed by atoms with Gasteiger partial charge in [0.05, 0.1) is 31.0 Å². The van der Waals surface area contributed by atoms with Crippen LogP contribution in [0.25, 0.3) is 0 Å². The molecule has 0 aliphatic carbocycles. The normalized spacial score (nSPS) is 18.3. The molecule has 1 atom stereocenters. The Bertz CT molecular complexity index is 882. The zero-order valence-electron chi connectivity index (χ0n) is 14.5. The second kappa shape index (κ2) is 7.28. The Labute approximate surface area is 152 Å². The Hall–Kier alpha value is -2.68. The van der Waals surface area contributed by atoms with E-state index in [0.717, 1.165) is 0 Å². The van der Waals surface area contributed by atoms with Crippen LogP contribution in [0.4, 0.5) is 11.5 Å². The SMILES string of the molecule is COc1ccc(NC(=O)c2cnc(N(C)C3CCS(=O)(=O)C3)cn2)cc1. The minimum Gasteiger partial charge on any atom is -0.497 e. The van der Waals surface area contributed by atoms with Gasteiger partial charge < -0.3 is 15.0 Å². The third kappa shape index (κ3) is 4.10. The van der Waals surface area contributed by atoms with Crippen molar-refractivity contribution >= 4 is 27.2 Å². The zero-order chi connectivity index (χ0) is 18.7. The number of nitrogens with one attached hydrogen (secondary N) is 1. The van der Waals surface area contributed by atoms with Crippen LogP contribution in [0.1, 0.15) is 16.9 Å². The predicted molar refractivity (Wildman–Crippen MR) is 98.4 cm³/mol. The molecule has 138 valence electrons. The molecule has 0 radical (unpaired) electrons. The molecule has 1 aliphatic rings. The molecular weight excluding hydrogens is 356 g/mol. The number of amides is 1. The average molecular weight is 376 g/mol. The Morgan fingerprint density at radius 1 is 1.23 bits per heavy atom. The van der Waals surface area contributed by atoms with Gasteiger partial charge in [0.25, 0.3) is 5.91 Å². The molecule has 1 aromatic carbocycles. The van der Waals surface area contributed by atoms with Crippen LogP contribution in [0.3, 0.4) is 0 Å². The summed E-state index contributed by atoms with van der Waals surface area (Å²) in [6.07, 6.45) is 3.43. The molecule has 3 rings (SSSR count). The van der Waals surface area contributed by atoms with E-state index >= 15 is 0 Å². The molecular formula is C17H20N4O4S. The van der Waals surface area contributed by atoms with Crippen LogP contribution in [0, 0.1) is 0 Å². The van der Waals surface area contributed by atoms with Crippen molar-refractivity contribution in [2.24, 2.45) is 0 Å². The van der Waals surface area contributed by atoms with Crippen molar-refractivity contribution in [2.45, 2.75) is 12.5 Å². The number of benzene rings is 1. The average Bonchev–Trinajstić information content (AvgIpc) is 3.01. The Morgan fingerprint density at radius 2 is 1.96 bits per heavy atom. The first-order chi connectivity index (χ1) is 12.4. The molecule has 1 aromatic heterocycles. The van der Waals surface area contributed by atoms with E-state index in [2.05, 4.69) is 15.3 Å². The summed E-state index contributed by atoms with van der Waals surface area (Å²) in [4.78, 5) is 22.4. The maximum atomic E-state index is 12.3. The van der Waals surface area contributed by atoms with Crippen molar-refractivity contribution < 1.29 is 17.9 Å². The number of anilines is 2. The topological polar surface area (TPSA) is 101 Å². The monoisotopic (exact) mass is 376 g/mol. The molecule has 1 amide bonds. The molecule has 0 saturated carbocycles. The van der Waals surface area contributed by atoms with E-state index in [4.69, 9.17) is 4.74 Å². The fourth-order valence-corrected chi connectivity index (χ4v) is 4.53. The van der Waals surface area contributed by atoms with Gasteiger partial charge in [-0.05, 0) is 30.7 Å². The van der Waals surface area contributed by atoms with Crippen LogP contribution < -0.4 is 15.0 Å². The van der Waals surface area contributed by atoms with Gasteiger partial charge in [-0.2, -0.15) is 0 Å². The van der Waals surface area contributed by atoms with Gasteiger partial charge >= 0.3 is 0 Å². The van der Waals surface area contributed by atoms with Gasteiger partial charge in [-0.3, -0.25) is 4.79 Å². The highest BCUT2D eigenvalue weighted by Gasteiger charge is 2.31. The number of ether oxygens (including phenoxy) is 1. The lowest BCUT2D eigenvalue weighted by Gasteiger charge is -2.23. The molecule has 8 nitrogen and oxygen atoms in total. The number of rotatable bonds is 5. The van der Waals surface area contributed by atoms with E-state index in [9.17, 15) is 13.2 Å². The molecule has 26 heavy (non-hydrogen) atoms. The molecule has 9 heteroatoms. The number of sulfone groups is 1. The molecule has 0 bridgehead atoms. The van der Waals surface area contributed by atoms with E-state index in [0.29, 0.717) is 23.7 Å². The lowest BCUT2D eigenvalue weighted by Crippen LogP contribution is -2.33. The fourth-order valence-electron chi connectivity index (χ4n) is 2.76. The van der Waals surface area contributed by atoms with E-state index in [-0.39, 0.29) is 29.1 Å². The van der Waals surface area contributed by atoms with Crippen LogP contribution in [0.15, 0.2) is 36.7 Å². The highest BCUT2D eigenvalue weighted by atomic mass is 32.2. The molecule has 1 unspecified atom stereocenters. The van der Waals surface area contributed by atoms with Crippen LogP contribution in [-0.2, 0) is 9.84 Å². The minimum absolute atomic E-state index is 0.116. The van der Waals surface area contributed by atoms with Gasteiger partial charge in [0.1, 0.15) is 17.3 Å². The first kappa shape index (κ1) is 18.1. The number of carbonyl (C=O) groups excluding carboxylic acids is 1. The van der Waals surface area contributed by atoms with Crippen LogP contribution in [0.2, 0.25) is 0 Å². The summed E-state index contributed by atoms with van der Waals surface area (Å²) in [7, 11) is 0.384. The quantitative estimate of drug-likeness (QED) is 0.841. The minimum atomic E-state index is -2.97. The maximum Gasteiger partial charge on any atom is 0.275 e. The first-order valence-corrected chi connectivity index (χ1v) is 9.91. The summed E-state index contributed by atoms with van der Waals surface area (Å²) >= 11 is 0. The third-order valence-corrected chi connectivity index (χ3v) is 6.09. The number of carbonyl (C=O) groups is 1. The first-order valence-electron chi connectivity index (χ1n) is 8.09. The van der Waals surface area contributed by atoms with Crippen molar-refractivity contribution in [3.05, 3.63) is 42.4 Å². The summed E-state index contributed by atoms with van der Waals surface area (Å²) in [5, 5.41) is 2.73. The second-order valence-electron chi connectivity index (χ2n) is 6.11. The molecule has 1 N–H and O–H groups in total. The molecule has 2 heterocycles. The van der Waals surface area contributed by atoms with Crippen LogP contribution >= 0.6 is 0 Å². The molecule has 1 fully saturated rings. The standard InChI is InChI=1S/C17H20N4O4S/c1-21(13-7-8-26(23,24)11-13)16-10-18-15(9-19-16)17(22)20-12-3-5-14(25-2)6-4-12/h3-6,9-10,13H,7-8,11H2,1-2H3,(H,20,22). The maximum absolute atomic E-state index is 12.3. The van der Waals surface area contributed by atoms with Crippen molar-refractivity contribution in [2.75, 3.05) is 35.9 Å². The summed E-state index contributed by atoms with van der Waals surface area (Å²) in [6.45, 7) is 0. The van der Waals surface area contributed by atoms with Gasteiger partial charge in [0.15, 0.2) is 9.84 Å². The summed E-state index contributed by atoms with van der Waals surface area (Å²) in [5.41, 5.74) is 0.798. The summed E-state index contributed by atoms with van der Waals surface area (Å²) in [5.74, 6) is 1.17. The van der Waals surface area contributed by atoms with E-state index < -0.39 is 9.84 Å². The fraction of sp³-hybridized carbons (Fsp3) is 0.353. The Balaban J connectivity index is 1.65. The largest absolute Gasteiger partial charge is 0.497 e. The Kier molecular flexibility index (Phi) is 5.08. The van der Waals surface area contributed by atoms with Crippen molar-refractivity contribution in [1.82, 2.24) is 9.97 Å². The summed E-state index contributed by atoms with van der Waals surface area (Å²) < 4.78 is 28.3. The van der Waals surface area contributed by atoms with Crippen molar-refractivity contribution in [1.29, 1.82) is 0 Å². The highest BCUT2D eigenvalue weighted by Crippen LogP contribution is 2.21. The number of aromatic nitrogens is 2. The van der Waals surface area contributed by atoms with Crippen LogP contribution in [-0.4, -0.2) is 56.0 Å². The second-order valence-corrected chi connectivity index (χ2v) is 8.34. The molecule has 2 aromatic rings. The number of hydrogen-bond donors (Lipinski definition) is 1. The summed E-state index contributed by atoms with van der Waals surface area (Å²) in [6, 6.07) is 6.83.